The maximum atomic E-state index is 12.3. The van der Waals surface area contributed by atoms with E-state index in [1.807, 2.05) is 5.32 Å². The molecule has 0 aliphatic rings. The number of hydrogen-bond acceptors (Lipinski definition) is 10. The molecule has 0 aliphatic carbocycles. The molecule has 0 aliphatic heterocycles. The number of carbonyl (C=O) groups excluding carboxylic acids is 2. The number of nitrogens with one attached hydrogen (secondary N) is 1. The maximum Gasteiger partial charge on any atom is 0.423 e. The Morgan fingerprint density at radius 2 is 1.27 bits per heavy atom. The maximum absolute atomic E-state index is 12.3. The Balaban J connectivity index is 1.44. The number of pyridine rings is 2. The van der Waals surface area contributed by atoms with Gasteiger partial charge in [0.2, 0.25) is 11.8 Å². The van der Waals surface area contributed by atoms with Gasteiger partial charge in [-0.3, -0.25) is 0 Å². The molecular weight excluding hydrogens is 477 g/mol. The van der Waals surface area contributed by atoms with Crippen molar-refractivity contribution in [3.8, 4) is 34.4 Å². The van der Waals surface area contributed by atoms with Gasteiger partial charge < -0.3 is 18.5 Å². The van der Waals surface area contributed by atoms with Crippen LogP contribution in [0.3, 0.4) is 0 Å². The van der Waals surface area contributed by atoms with E-state index >= 15 is 0 Å². The fraction of sp³-hybridized carbons (Fsp3) is 0.100. The zero-order valence-electron chi connectivity index (χ0n) is 16.5. The van der Waals surface area contributed by atoms with E-state index in [1.165, 1.54) is 12.4 Å². The molecule has 2 amide bonds. The number of alkyl halides is 2. The average Bonchev–Trinajstić information content (AvgIpc) is 3.49. The first kappa shape index (κ1) is 22.2. The molecule has 0 unspecified atom stereocenters. The van der Waals surface area contributed by atoms with Crippen molar-refractivity contribution in [1.29, 1.82) is 0 Å². The van der Waals surface area contributed by atoms with E-state index in [1.54, 1.807) is 36.4 Å². The monoisotopic (exact) mass is 489 g/mol. The summed E-state index contributed by atoms with van der Waals surface area (Å²) in [7, 11) is 0. The molecule has 0 bridgehead atoms. The highest BCUT2D eigenvalue weighted by Gasteiger charge is 2.20. The van der Waals surface area contributed by atoms with Crippen LogP contribution < -0.4 is 14.8 Å². The molecule has 33 heavy (non-hydrogen) atoms. The van der Waals surface area contributed by atoms with Crippen LogP contribution in [0.5, 0.6) is 11.8 Å². The van der Waals surface area contributed by atoms with Crippen LogP contribution in [0.15, 0.2) is 57.8 Å². The number of ether oxygens (including phenoxy) is 2. The zero-order valence-corrected chi connectivity index (χ0v) is 18.0. The first-order valence-corrected chi connectivity index (χ1v) is 10.3. The standard InChI is InChI=1S/C20H13Cl2N5O6/c21-9-11-7-15(32-26-11)13-3-1-5-23-17(13)30-19(28)25-20(29)31-18-14(4-2-6-24-18)16-8-12(10-22)27-33-16/h1-8H,9-10H2,(H,25,28,29). The van der Waals surface area contributed by atoms with Crippen molar-refractivity contribution in [3.63, 3.8) is 0 Å². The molecule has 4 aromatic heterocycles. The van der Waals surface area contributed by atoms with Gasteiger partial charge in [-0.15, -0.1) is 23.2 Å². The molecule has 0 aromatic carbocycles. The number of hydrogen-bond donors (Lipinski definition) is 1. The summed E-state index contributed by atoms with van der Waals surface area (Å²) in [5.41, 5.74) is 1.64. The Bertz CT molecular complexity index is 1190. The van der Waals surface area contributed by atoms with Gasteiger partial charge in [-0.1, -0.05) is 10.3 Å². The van der Waals surface area contributed by atoms with Crippen molar-refractivity contribution in [1.82, 2.24) is 25.6 Å². The summed E-state index contributed by atoms with van der Waals surface area (Å²) in [6.07, 6.45) is 0.517. The lowest BCUT2D eigenvalue weighted by Crippen LogP contribution is -2.35. The number of rotatable bonds is 6. The van der Waals surface area contributed by atoms with Gasteiger partial charge in [0.15, 0.2) is 11.5 Å². The molecule has 4 rings (SSSR count). The van der Waals surface area contributed by atoms with Crippen LogP contribution in [-0.4, -0.2) is 32.5 Å². The van der Waals surface area contributed by atoms with Crippen LogP contribution in [0.2, 0.25) is 0 Å². The van der Waals surface area contributed by atoms with Crippen molar-refractivity contribution in [3.05, 3.63) is 60.2 Å². The minimum atomic E-state index is -1.14. The summed E-state index contributed by atoms with van der Waals surface area (Å²) in [6, 6.07) is 9.56. The Kier molecular flexibility index (Phi) is 6.81. The molecule has 1 N–H and O–H groups in total. The van der Waals surface area contributed by atoms with E-state index in [0.717, 1.165) is 0 Å². The highest BCUT2D eigenvalue weighted by Crippen LogP contribution is 2.30. The van der Waals surface area contributed by atoms with Crippen molar-refractivity contribution in [2.75, 3.05) is 0 Å². The minimum absolute atomic E-state index is 0.117. The molecular formula is C20H13Cl2N5O6. The van der Waals surface area contributed by atoms with Gasteiger partial charge in [-0.25, -0.2) is 24.9 Å². The lowest BCUT2D eigenvalue weighted by molar-refractivity contribution is 0.179. The quantitative estimate of drug-likeness (QED) is 0.382. The Morgan fingerprint density at radius 1 is 0.818 bits per heavy atom. The molecule has 13 heteroatoms. The van der Waals surface area contributed by atoms with Gasteiger partial charge in [0, 0.05) is 24.5 Å². The van der Waals surface area contributed by atoms with Gasteiger partial charge in [-0.2, -0.15) is 0 Å². The number of carbonyl (C=O) groups is 2. The molecule has 0 saturated heterocycles. The number of imide groups is 1. The fourth-order valence-electron chi connectivity index (χ4n) is 2.63. The second-order valence-corrected chi connectivity index (χ2v) is 6.78. The lowest BCUT2D eigenvalue weighted by Gasteiger charge is -2.09. The molecule has 0 spiro atoms. The van der Waals surface area contributed by atoms with Crippen LogP contribution in [0.1, 0.15) is 11.4 Å². The van der Waals surface area contributed by atoms with Gasteiger partial charge >= 0.3 is 12.2 Å². The largest absolute Gasteiger partial charge is 0.423 e. The Hall–Kier alpha value is -3.96. The summed E-state index contributed by atoms with van der Waals surface area (Å²) in [5, 5.41) is 9.48. The van der Waals surface area contributed by atoms with E-state index < -0.39 is 12.2 Å². The molecule has 4 heterocycles. The third-order valence-corrected chi connectivity index (χ3v) is 4.60. The molecule has 0 fully saturated rings. The minimum Gasteiger partial charge on any atom is -0.390 e. The summed E-state index contributed by atoms with van der Waals surface area (Å²) in [4.78, 5) is 32.5. The summed E-state index contributed by atoms with van der Waals surface area (Å²) < 4.78 is 20.6. The normalized spacial score (nSPS) is 10.6. The molecule has 168 valence electrons. The predicted octanol–water partition coefficient (Wildman–Crippen LogP) is 4.55. The van der Waals surface area contributed by atoms with Gasteiger partial charge in [0.1, 0.15) is 0 Å². The Morgan fingerprint density at radius 3 is 1.67 bits per heavy atom. The van der Waals surface area contributed by atoms with Crippen molar-refractivity contribution < 1.29 is 28.1 Å². The van der Waals surface area contributed by atoms with Crippen LogP contribution in [-0.2, 0) is 11.8 Å². The van der Waals surface area contributed by atoms with E-state index in [0.29, 0.717) is 22.5 Å². The third kappa shape index (κ3) is 5.27. The van der Waals surface area contributed by atoms with Crippen LogP contribution in [0.4, 0.5) is 9.59 Å². The number of halogens is 2. The molecule has 0 atom stereocenters. The van der Waals surface area contributed by atoms with Crippen LogP contribution in [0, 0.1) is 0 Å². The first-order chi connectivity index (χ1) is 16.1. The summed E-state index contributed by atoms with van der Waals surface area (Å²) in [5.74, 6) is 0.616. The highest BCUT2D eigenvalue weighted by atomic mass is 35.5. The molecule has 11 nitrogen and oxygen atoms in total. The fourth-order valence-corrected chi connectivity index (χ4v) is 2.88. The van der Waals surface area contributed by atoms with E-state index in [4.69, 9.17) is 41.7 Å². The van der Waals surface area contributed by atoms with Crippen molar-refractivity contribution in [2.45, 2.75) is 11.8 Å². The topological polar surface area (TPSA) is 142 Å². The van der Waals surface area contributed by atoms with E-state index in [-0.39, 0.29) is 35.0 Å². The van der Waals surface area contributed by atoms with Crippen LogP contribution in [0.25, 0.3) is 22.6 Å². The first-order valence-electron chi connectivity index (χ1n) is 9.22. The Labute approximate surface area is 195 Å². The van der Waals surface area contributed by atoms with E-state index in [9.17, 15) is 9.59 Å². The van der Waals surface area contributed by atoms with Gasteiger partial charge in [0.05, 0.1) is 34.3 Å². The van der Waals surface area contributed by atoms with Gasteiger partial charge in [0.25, 0.3) is 0 Å². The molecule has 0 saturated carbocycles. The van der Waals surface area contributed by atoms with Crippen molar-refractivity contribution >= 4 is 35.4 Å². The van der Waals surface area contributed by atoms with Crippen LogP contribution >= 0.6 is 23.2 Å². The number of amides is 2. The highest BCUT2D eigenvalue weighted by molar-refractivity contribution is 6.17. The number of aromatic nitrogens is 4. The van der Waals surface area contributed by atoms with E-state index in [2.05, 4.69) is 20.3 Å². The third-order valence-electron chi connectivity index (χ3n) is 4.05. The summed E-state index contributed by atoms with van der Waals surface area (Å²) in [6.45, 7) is 0. The number of nitrogens with zero attached hydrogens (tertiary/aromatic N) is 4. The summed E-state index contributed by atoms with van der Waals surface area (Å²) >= 11 is 11.5. The smallest absolute Gasteiger partial charge is 0.390 e. The predicted molar refractivity (Wildman–Crippen MR) is 114 cm³/mol. The van der Waals surface area contributed by atoms with Crippen molar-refractivity contribution in [2.24, 2.45) is 0 Å². The average molecular weight is 490 g/mol. The molecule has 0 radical (unpaired) electrons. The second-order valence-electron chi connectivity index (χ2n) is 6.25. The molecule has 4 aromatic rings. The second kappa shape index (κ2) is 10.1. The lowest BCUT2D eigenvalue weighted by atomic mass is 10.2. The van der Waals surface area contributed by atoms with Gasteiger partial charge in [-0.05, 0) is 24.3 Å². The zero-order chi connectivity index (χ0) is 23.2. The SMILES string of the molecule is O=C(NC(=O)Oc1ncccc1-c1cc(CCl)no1)Oc1ncccc1-c1cc(CCl)no1.